The van der Waals surface area contributed by atoms with Crippen molar-refractivity contribution in [3.63, 3.8) is 0 Å². The van der Waals surface area contributed by atoms with Gasteiger partial charge < -0.3 is 4.90 Å². The van der Waals surface area contributed by atoms with E-state index >= 15 is 0 Å². The van der Waals surface area contributed by atoms with Crippen LogP contribution in [0.1, 0.15) is 27.7 Å². The number of carbonyl (C=O) groups excluding carboxylic acids is 1. The zero-order chi connectivity index (χ0) is 14.6. The molecular formula is C14H19Cl2NOS. The predicted molar refractivity (Wildman–Crippen MR) is 84.3 cm³/mol. The van der Waals surface area contributed by atoms with Gasteiger partial charge in [0.05, 0.1) is 15.8 Å². The fourth-order valence-corrected chi connectivity index (χ4v) is 3.13. The van der Waals surface area contributed by atoms with Crippen LogP contribution < -0.4 is 0 Å². The summed E-state index contributed by atoms with van der Waals surface area (Å²) in [6.07, 6.45) is 0. The Kier molecular flexibility index (Phi) is 6.51. The van der Waals surface area contributed by atoms with Crippen molar-refractivity contribution >= 4 is 40.9 Å². The Balaban J connectivity index is 2.65. The molecule has 106 valence electrons. The summed E-state index contributed by atoms with van der Waals surface area (Å²) in [5.74, 6) is 0.551. The fourth-order valence-electron chi connectivity index (χ4n) is 1.96. The summed E-state index contributed by atoms with van der Waals surface area (Å²) in [7, 11) is 0. The Morgan fingerprint density at radius 1 is 1.16 bits per heavy atom. The minimum atomic E-state index is 0.140. The van der Waals surface area contributed by atoms with Crippen molar-refractivity contribution in [2.24, 2.45) is 0 Å². The van der Waals surface area contributed by atoms with Crippen LogP contribution in [-0.4, -0.2) is 28.6 Å². The van der Waals surface area contributed by atoms with Crippen LogP contribution >= 0.6 is 35.0 Å². The third-order valence-corrected chi connectivity index (χ3v) is 4.37. The van der Waals surface area contributed by atoms with Crippen molar-refractivity contribution in [1.82, 2.24) is 4.90 Å². The molecule has 0 fully saturated rings. The van der Waals surface area contributed by atoms with E-state index in [9.17, 15) is 4.79 Å². The van der Waals surface area contributed by atoms with Gasteiger partial charge in [0.2, 0.25) is 5.91 Å². The molecule has 5 heteroatoms. The SMILES string of the molecule is CC(C)N(C(=O)CSc1ccc(Cl)c(Cl)c1)C(C)C. The maximum absolute atomic E-state index is 12.2. The highest BCUT2D eigenvalue weighted by molar-refractivity contribution is 8.00. The van der Waals surface area contributed by atoms with E-state index in [1.807, 2.05) is 38.7 Å². The van der Waals surface area contributed by atoms with E-state index in [1.165, 1.54) is 11.8 Å². The smallest absolute Gasteiger partial charge is 0.233 e. The summed E-state index contributed by atoms with van der Waals surface area (Å²) in [5.41, 5.74) is 0. The molecule has 0 aromatic heterocycles. The topological polar surface area (TPSA) is 20.3 Å². The molecular weight excluding hydrogens is 301 g/mol. The van der Waals surface area contributed by atoms with Gasteiger partial charge in [-0.3, -0.25) is 4.79 Å². The molecule has 0 unspecified atom stereocenters. The van der Waals surface area contributed by atoms with Crippen LogP contribution in [0.3, 0.4) is 0 Å². The van der Waals surface area contributed by atoms with Crippen molar-refractivity contribution in [2.45, 2.75) is 44.7 Å². The summed E-state index contributed by atoms with van der Waals surface area (Å²) < 4.78 is 0. The average Bonchev–Trinajstić information content (AvgIpc) is 2.29. The van der Waals surface area contributed by atoms with E-state index < -0.39 is 0 Å². The third kappa shape index (κ3) is 4.90. The Hall–Kier alpha value is -0.380. The van der Waals surface area contributed by atoms with Gasteiger partial charge in [-0.1, -0.05) is 23.2 Å². The lowest BCUT2D eigenvalue weighted by Gasteiger charge is -2.30. The second-order valence-corrected chi connectivity index (χ2v) is 6.72. The van der Waals surface area contributed by atoms with Gasteiger partial charge in [0.15, 0.2) is 0 Å². The monoisotopic (exact) mass is 319 g/mol. The number of hydrogen-bond acceptors (Lipinski definition) is 2. The van der Waals surface area contributed by atoms with Crippen LogP contribution in [0.15, 0.2) is 23.1 Å². The summed E-state index contributed by atoms with van der Waals surface area (Å²) >= 11 is 13.3. The number of carbonyl (C=O) groups is 1. The molecule has 0 saturated heterocycles. The summed E-state index contributed by atoms with van der Waals surface area (Å²) in [6.45, 7) is 8.12. The molecule has 0 saturated carbocycles. The molecule has 0 N–H and O–H groups in total. The van der Waals surface area contributed by atoms with Crippen LogP contribution in [0.2, 0.25) is 10.0 Å². The highest BCUT2D eigenvalue weighted by Gasteiger charge is 2.19. The van der Waals surface area contributed by atoms with Crippen molar-refractivity contribution < 1.29 is 4.79 Å². The first-order chi connectivity index (χ1) is 8.82. The molecule has 2 nitrogen and oxygen atoms in total. The normalized spacial score (nSPS) is 11.2. The van der Waals surface area contributed by atoms with Crippen molar-refractivity contribution in [1.29, 1.82) is 0 Å². The van der Waals surface area contributed by atoms with E-state index in [1.54, 1.807) is 12.1 Å². The lowest BCUT2D eigenvalue weighted by molar-refractivity contribution is -0.131. The van der Waals surface area contributed by atoms with Crippen molar-refractivity contribution in [3.8, 4) is 0 Å². The van der Waals surface area contributed by atoms with E-state index in [0.29, 0.717) is 15.8 Å². The highest BCUT2D eigenvalue weighted by atomic mass is 35.5. The predicted octanol–water partition coefficient (Wildman–Crippen LogP) is 4.73. The molecule has 0 aliphatic carbocycles. The third-order valence-electron chi connectivity index (χ3n) is 2.65. The number of hydrogen-bond donors (Lipinski definition) is 0. The lowest BCUT2D eigenvalue weighted by atomic mass is 10.2. The van der Waals surface area contributed by atoms with Gasteiger partial charge in [-0.25, -0.2) is 0 Å². The maximum atomic E-state index is 12.2. The van der Waals surface area contributed by atoms with Crippen LogP contribution in [-0.2, 0) is 4.79 Å². The standard InChI is InChI=1S/C14H19Cl2NOS/c1-9(2)17(10(3)4)14(18)8-19-11-5-6-12(15)13(16)7-11/h5-7,9-10H,8H2,1-4H3. The first-order valence-corrected chi connectivity index (χ1v) is 7.96. The maximum Gasteiger partial charge on any atom is 0.233 e. The van der Waals surface area contributed by atoms with Crippen LogP contribution in [0, 0.1) is 0 Å². The first kappa shape index (κ1) is 16.7. The van der Waals surface area contributed by atoms with Gasteiger partial charge in [0, 0.05) is 17.0 Å². The molecule has 19 heavy (non-hydrogen) atoms. The van der Waals surface area contributed by atoms with E-state index in [2.05, 4.69) is 0 Å². The van der Waals surface area contributed by atoms with Crippen molar-refractivity contribution in [2.75, 3.05) is 5.75 Å². The molecule has 0 bridgehead atoms. The molecule has 0 atom stereocenters. The zero-order valence-electron chi connectivity index (χ0n) is 11.6. The van der Waals surface area contributed by atoms with Gasteiger partial charge in [-0.15, -0.1) is 11.8 Å². The minimum Gasteiger partial charge on any atom is -0.337 e. The number of thioether (sulfide) groups is 1. The minimum absolute atomic E-state index is 0.140. The number of benzene rings is 1. The molecule has 0 radical (unpaired) electrons. The number of rotatable bonds is 5. The lowest BCUT2D eigenvalue weighted by Crippen LogP contribution is -2.43. The van der Waals surface area contributed by atoms with Gasteiger partial charge in [0.25, 0.3) is 0 Å². The zero-order valence-corrected chi connectivity index (χ0v) is 13.9. The number of amides is 1. The van der Waals surface area contributed by atoms with Crippen molar-refractivity contribution in [3.05, 3.63) is 28.2 Å². The highest BCUT2D eigenvalue weighted by Crippen LogP contribution is 2.28. The largest absolute Gasteiger partial charge is 0.337 e. The average molecular weight is 320 g/mol. The Morgan fingerprint density at radius 3 is 2.21 bits per heavy atom. The second kappa shape index (κ2) is 7.41. The van der Waals surface area contributed by atoms with Crippen LogP contribution in [0.5, 0.6) is 0 Å². The molecule has 0 heterocycles. The molecule has 1 amide bonds. The Bertz CT molecular complexity index is 441. The Morgan fingerprint density at radius 2 is 1.74 bits per heavy atom. The fraction of sp³-hybridized carbons (Fsp3) is 0.500. The van der Waals surface area contributed by atoms with Crippen LogP contribution in [0.25, 0.3) is 0 Å². The molecule has 1 rings (SSSR count). The first-order valence-electron chi connectivity index (χ1n) is 6.22. The molecule has 0 aliphatic rings. The van der Waals surface area contributed by atoms with E-state index in [-0.39, 0.29) is 18.0 Å². The van der Waals surface area contributed by atoms with Gasteiger partial charge in [-0.05, 0) is 45.9 Å². The van der Waals surface area contributed by atoms with E-state index in [0.717, 1.165) is 4.90 Å². The molecule has 1 aromatic carbocycles. The van der Waals surface area contributed by atoms with Crippen LogP contribution in [0.4, 0.5) is 0 Å². The van der Waals surface area contributed by atoms with Gasteiger partial charge in [0.1, 0.15) is 0 Å². The van der Waals surface area contributed by atoms with Gasteiger partial charge in [-0.2, -0.15) is 0 Å². The summed E-state index contributed by atoms with van der Waals surface area (Å²) in [6, 6.07) is 5.83. The molecule has 0 aliphatic heterocycles. The quantitative estimate of drug-likeness (QED) is 0.731. The number of halogens is 2. The van der Waals surface area contributed by atoms with Gasteiger partial charge >= 0.3 is 0 Å². The second-order valence-electron chi connectivity index (χ2n) is 4.85. The molecule has 0 spiro atoms. The number of nitrogens with zero attached hydrogens (tertiary/aromatic N) is 1. The Labute approximate surface area is 129 Å². The van der Waals surface area contributed by atoms with E-state index in [4.69, 9.17) is 23.2 Å². The summed E-state index contributed by atoms with van der Waals surface area (Å²) in [5, 5.41) is 1.05. The summed E-state index contributed by atoms with van der Waals surface area (Å²) in [4.78, 5) is 15.0. The molecule has 1 aromatic rings.